The van der Waals surface area contributed by atoms with E-state index in [0.717, 1.165) is 18.2 Å². The zero-order chi connectivity index (χ0) is 10.2. The molecule has 5 heteroatoms. The lowest BCUT2D eigenvalue weighted by Crippen LogP contribution is -2.17. The van der Waals surface area contributed by atoms with Crippen LogP contribution in [0.15, 0.2) is 0 Å². The third-order valence-corrected chi connectivity index (χ3v) is 5.33. The number of nitrogens with one attached hydrogen (secondary N) is 1. The van der Waals surface area contributed by atoms with Gasteiger partial charge in [-0.2, -0.15) is 0 Å². The molecule has 1 atom stereocenters. The number of hydrogen-bond donors (Lipinski definition) is 1. The Kier molecular flexibility index (Phi) is 6.90. The van der Waals surface area contributed by atoms with Crippen molar-refractivity contribution < 1.29 is 4.79 Å². The molecular weight excluding hydrogens is 238 g/mol. The minimum atomic E-state index is -0.437. The van der Waals surface area contributed by atoms with Crippen molar-refractivity contribution in [2.75, 3.05) is 12.3 Å². The smallest absolute Gasteiger partial charge is 0.313 e. The number of halogens is 1. The summed E-state index contributed by atoms with van der Waals surface area (Å²) in [4.78, 5) is 10.3. The van der Waals surface area contributed by atoms with Gasteiger partial charge < -0.3 is 5.32 Å². The maximum absolute atomic E-state index is 10.3. The topological polar surface area (TPSA) is 29.1 Å². The van der Waals surface area contributed by atoms with E-state index in [4.69, 9.17) is 11.6 Å². The number of rotatable bonds is 6. The summed E-state index contributed by atoms with van der Waals surface area (Å²) in [6, 6.07) is 0. The Morgan fingerprint density at radius 1 is 1.43 bits per heavy atom. The summed E-state index contributed by atoms with van der Waals surface area (Å²) in [6.45, 7) is 0.717. The molecular formula is C9H16ClNOS2. The number of carbonyl (C=O) groups excluding carboxylic acids is 1. The molecule has 82 valence electrons. The first-order valence-electron chi connectivity index (χ1n) is 5.00. The zero-order valence-corrected chi connectivity index (χ0v) is 10.5. The average molecular weight is 254 g/mol. The fourth-order valence-electron chi connectivity index (χ4n) is 1.42. The SMILES string of the molecule is O=C(Cl)NCCCCC[C@@H]1CCSS1. The summed E-state index contributed by atoms with van der Waals surface area (Å²) in [6.07, 6.45) is 6.21. The van der Waals surface area contributed by atoms with Gasteiger partial charge in [-0.1, -0.05) is 34.4 Å². The summed E-state index contributed by atoms with van der Waals surface area (Å²) < 4.78 is 0. The van der Waals surface area contributed by atoms with E-state index in [1.165, 1.54) is 31.4 Å². The Labute approximate surface area is 98.3 Å². The summed E-state index contributed by atoms with van der Waals surface area (Å²) >= 11 is 5.14. The van der Waals surface area contributed by atoms with Crippen molar-refractivity contribution in [1.29, 1.82) is 0 Å². The van der Waals surface area contributed by atoms with Gasteiger partial charge in [-0.25, -0.2) is 0 Å². The van der Waals surface area contributed by atoms with E-state index in [9.17, 15) is 4.79 Å². The van der Waals surface area contributed by atoms with Crippen LogP contribution in [0.5, 0.6) is 0 Å². The summed E-state index contributed by atoms with van der Waals surface area (Å²) in [5.41, 5.74) is 0. The molecule has 1 saturated heterocycles. The molecule has 14 heavy (non-hydrogen) atoms. The molecule has 0 unspecified atom stereocenters. The van der Waals surface area contributed by atoms with Crippen molar-refractivity contribution in [1.82, 2.24) is 5.32 Å². The molecule has 1 aliphatic heterocycles. The van der Waals surface area contributed by atoms with Gasteiger partial charge >= 0.3 is 5.37 Å². The highest BCUT2D eigenvalue weighted by atomic mass is 35.5. The van der Waals surface area contributed by atoms with E-state index in [1.807, 2.05) is 21.6 Å². The van der Waals surface area contributed by atoms with Crippen LogP contribution in [0, 0.1) is 0 Å². The first kappa shape index (κ1) is 12.5. The lowest BCUT2D eigenvalue weighted by molar-refractivity contribution is 0.259. The minimum absolute atomic E-state index is 0.437. The molecule has 1 rings (SSSR count). The van der Waals surface area contributed by atoms with Gasteiger partial charge in [0.05, 0.1) is 0 Å². The second-order valence-electron chi connectivity index (χ2n) is 3.38. The Morgan fingerprint density at radius 3 is 2.93 bits per heavy atom. The second-order valence-corrected chi connectivity index (χ2v) is 6.51. The molecule has 0 aromatic carbocycles. The lowest BCUT2D eigenvalue weighted by Gasteiger charge is -2.06. The van der Waals surface area contributed by atoms with E-state index < -0.39 is 5.37 Å². The predicted molar refractivity (Wildman–Crippen MR) is 66.2 cm³/mol. The monoisotopic (exact) mass is 253 g/mol. The lowest BCUT2D eigenvalue weighted by atomic mass is 10.1. The molecule has 1 heterocycles. The molecule has 2 nitrogen and oxygen atoms in total. The van der Waals surface area contributed by atoms with Crippen molar-refractivity contribution >= 4 is 38.6 Å². The summed E-state index contributed by atoms with van der Waals surface area (Å²) in [5, 5.41) is 3.03. The van der Waals surface area contributed by atoms with Gasteiger partial charge in [-0.3, -0.25) is 4.79 Å². The van der Waals surface area contributed by atoms with Crippen molar-refractivity contribution in [3.05, 3.63) is 0 Å². The summed E-state index contributed by atoms with van der Waals surface area (Å²) in [7, 11) is 4.03. The van der Waals surface area contributed by atoms with Gasteiger partial charge in [0.15, 0.2) is 0 Å². The molecule has 1 fully saturated rings. The molecule has 1 aliphatic rings. The average Bonchev–Trinajstić information content (AvgIpc) is 2.63. The van der Waals surface area contributed by atoms with Crippen LogP contribution in [0.1, 0.15) is 32.1 Å². The predicted octanol–water partition coefficient (Wildman–Crippen LogP) is 3.65. The number of amides is 1. The fourth-order valence-corrected chi connectivity index (χ4v) is 4.55. The van der Waals surface area contributed by atoms with E-state index in [0.29, 0.717) is 0 Å². The van der Waals surface area contributed by atoms with Crippen molar-refractivity contribution in [2.24, 2.45) is 0 Å². The van der Waals surface area contributed by atoms with Gasteiger partial charge in [0.1, 0.15) is 0 Å². The third kappa shape index (κ3) is 6.04. The highest BCUT2D eigenvalue weighted by Crippen LogP contribution is 2.39. The second kappa shape index (κ2) is 7.71. The van der Waals surface area contributed by atoms with Gasteiger partial charge in [-0.05, 0) is 30.9 Å². The van der Waals surface area contributed by atoms with Crippen LogP contribution >= 0.6 is 33.2 Å². The zero-order valence-electron chi connectivity index (χ0n) is 8.13. The molecule has 0 bridgehead atoms. The largest absolute Gasteiger partial charge is 0.343 e. The normalized spacial score (nSPS) is 21.1. The van der Waals surface area contributed by atoms with E-state index in [2.05, 4.69) is 5.32 Å². The minimum Gasteiger partial charge on any atom is -0.343 e. The number of carbonyl (C=O) groups is 1. The van der Waals surface area contributed by atoms with Gasteiger partial charge in [0, 0.05) is 17.5 Å². The third-order valence-electron chi connectivity index (χ3n) is 2.19. The molecule has 0 spiro atoms. The fraction of sp³-hybridized carbons (Fsp3) is 0.889. The Bertz CT molecular complexity index is 174. The Balaban J connectivity index is 1.82. The van der Waals surface area contributed by atoms with Crippen LogP contribution in [0.4, 0.5) is 4.79 Å². The van der Waals surface area contributed by atoms with Crippen LogP contribution < -0.4 is 5.32 Å². The quantitative estimate of drug-likeness (QED) is 0.339. The molecule has 1 amide bonds. The van der Waals surface area contributed by atoms with Gasteiger partial charge in [0.2, 0.25) is 0 Å². The van der Waals surface area contributed by atoms with E-state index in [-0.39, 0.29) is 0 Å². The standard InChI is InChI=1S/C9H16ClNOS2/c10-9(12)11-6-3-1-2-4-8-5-7-13-14-8/h8H,1-7H2,(H,11,12)/t8-/m1/s1. The number of hydrogen-bond acceptors (Lipinski definition) is 3. The van der Waals surface area contributed by atoms with Gasteiger partial charge in [0.25, 0.3) is 0 Å². The highest BCUT2D eigenvalue weighted by Gasteiger charge is 2.15. The van der Waals surface area contributed by atoms with E-state index >= 15 is 0 Å². The maximum atomic E-state index is 10.3. The van der Waals surface area contributed by atoms with Crippen LogP contribution in [-0.2, 0) is 0 Å². The number of unbranched alkanes of at least 4 members (excludes halogenated alkanes) is 2. The van der Waals surface area contributed by atoms with Crippen molar-refractivity contribution in [3.8, 4) is 0 Å². The Morgan fingerprint density at radius 2 is 2.29 bits per heavy atom. The summed E-state index contributed by atoms with van der Waals surface area (Å²) in [5.74, 6) is 1.32. The molecule has 0 saturated carbocycles. The maximum Gasteiger partial charge on any atom is 0.313 e. The molecule has 0 aromatic rings. The van der Waals surface area contributed by atoms with Gasteiger partial charge in [-0.15, -0.1) is 0 Å². The molecule has 0 radical (unpaired) electrons. The van der Waals surface area contributed by atoms with Crippen LogP contribution in [0.25, 0.3) is 0 Å². The Hall–Kier alpha value is 0.460. The highest BCUT2D eigenvalue weighted by molar-refractivity contribution is 8.77. The first-order valence-corrected chi connectivity index (χ1v) is 7.76. The van der Waals surface area contributed by atoms with Crippen molar-refractivity contribution in [2.45, 2.75) is 37.4 Å². The van der Waals surface area contributed by atoms with Crippen LogP contribution in [0.3, 0.4) is 0 Å². The molecule has 0 aromatic heterocycles. The van der Waals surface area contributed by atoms with Crippen LogP contribution in [0.2, 0.25) is 0 Å². The van der Waals surface area contributed by atoms with Crippen LogP contribution in [-0.4, -0.2) is 22.9 Å². The van der Waals surface area contributed by atoms with E-state index in [1.54, 1.807) is 0 Å². The molecule has 1 N–H and O–H groups in total. The molecule has 0 aliphatic carbocycles. The first-order chi connectivity index (χ1) is 6.79. The van der Waals surface area contributed by atoms with Crippen molar-refractivity contribution in [3.63, 3.8) is 0 Å².